The molecule has 0 aromatic heterocycles. The lowest BCUT2D eigenvalue weighted by Crippen LogP contribution is -2.45. The summed E-state index contributed by atoms with van der Waals surface area (Å²) >= 11 is 6.00. The van der Waals surface area contributed by atoms with Gasteiger partial charge in [-0.05, 0) is 13.0 Å². The summed E-state index contributed by atoms with van der Waals surface area (Å²) in [4.78, 5) is 23.7. The van der Waals surface area contributed by atoms with E-state index in [-0.39, 0.29) is 22.6 Å². The molecule has 0 saturated heterocycles. The number of halogens is 1. The van der Waals surface area contributed by atoms with Crippen molar-refractivity contribution in [2.75, 3.05) is 14.2 Å². The molecule has 7 nitrogen and oxygen atoms in total. The van der Waals surface area contributed by atoms with E-state index in [1.807, 2.05) is 0 Å². The van der Waals surface area contributed by atoms with Crippen LogP contribution in [-0.2, 0) is 9.53 Å². The van der Waals surface area contributed by atoms with E-state index < -0.39 is 18.0 Å². The van der Waals surface area contributed by atoms with Gasteiger partial charge in [-0.3, -0.25) is 0 Å². The minimum Gasteiger partial charge on any atom is -0.504 e. The monoisotopic (exact) mass is 326 g/mol. The zero-order chi connectivity index (χ0) is 16.4. The fraction of sp³-hybridized carbons (Fsp3) is 0.286. The summed E-state index contributed by atoms with van der Waals surface area (Å²) in [6.07, 6.45) is 0. The molecule has 1 aliphatic heterocycles. The third-order valence-electron chi connectivity index (χ3n) is 3.27. The lowest BCUT2D eigenvalue weighted by molar-refractivity contribution is -0.136. The molecular weight excluding hydrogens is 312 g/mol. The molecule has 2 rings (SSSR count). The van der Waals surface area contributed by atoms with Crippen LogP contribution in [0.15, 0.2) is 23.4 Å². The quantitative estimate of drug-likeness (QED) is 0.737. The van der Waals surface area contributed by atoms with Crippen molar-refractivity contribution in [3.63, 3.8) is 0 Å². The van der Waals surface area contributed by atoms with Gasteiger partial charge in [0.25, 0.3) is 0 Å². The molecule has 1 heterocycles. The lowest BCUT2D eigenvalue weighted by Gasteiger charge is -2.28. The summed E-state index contributed by atoms with van der Waals surface area (Å²) in [5.41, 5.74) is 0.736. The topological polar surface area (TPSA) is 96.9 Å². The molecule has 22 heavy (non-hydrogen) atoms. The normalized spacial score (nSPS) is 17.6. The van der Waals surface area contributed by atoms with Gasteiger partial charge in [0.15, 0.2) is 11.5 Å². The second kappa shape index (κ2) is 6.15. The molecule has 0 spiro atoms. The zero-order valence-corrected chi connectivity index (χ0v) is 12.9. The summed E-state index contributed by atoms with van der Waals surface area (Å²) in [7, 11) is 2.60. The van der Waals surface area contributed by atoms with Gasteiger partial charge < -0.3 is 25.2 Å². The van der Waals surface area contributed by atoms with Gasteiger partial charge in [-0.1, -0.05) is 11.6 Å². The number of benzene rings is 1. The number of allylic oxidation sites excluding steroid dienone is 1. The first-order valence-corrected chi connectivity index (χ1v) is 6.69. The third-order valence-corrected chi connectivity index (χ3v) is 3.49. The lowest BCUT2D eigenvalue weighted by atomic mass is 9.94. The Hall–Kier alpha value is -2.41. The van der Waals surface area contributed by atoms with Crippen LogP contribution >= 0.6 is 11.6 Å². The van der Waals surface area contributed by atoms with Gasteiger partial charge in [0, 0.05) is 22.3 Å². The largest absolute Gasteiger partial charge is 0.504 e. The van der Waals surface area contributed by atoms with Crippen LogP contribution in [0.5, 0.6) is 11.5 Å². The molecule has 1 aromatic rings. The molecule has 0 radical (unpaired) electrons. The van der Waals surface area contributed by atoms with Crippen molar-refractivity contribution in [2.45, 2.75) is 13.0 Å². The van der Waals surface area contributed by atoms with Gasteiger partial charge in [0.05, 0.1) is 25.8 Å². The summed E-state index contributed by atoms with van der Waals surface area (Å²) in [6, 6.07) is 1.46. The second-order valence-electron chi connectivity index (χ2n) is 4.61. The van der Waals surface area contributed by atoms with E-state index in [2.05, 4.69) is 10.6 Å². The highest BCUT2D eigenvalue weighted by Gasteiger charge is 2.34. The Bertz CT molecular complexity index is 671. The minimum atomic E-state index is -0.909. The SMILES string of the molecule is COC(=O)C1=C(C)NC(=O)NC1c1cc(Cl)cc(OC)c1O. The Morgan fingerprint density at radius 3 is 2.64 bits per heavy atom. The Balaban J connectivity index is 2.63. The highest BCUT2D eigenvalue weighted by atomic mass is 35.5. The van der Waals surface area contributed by atoms with E-state index in [4.69, 9.17) is 21.1 Å². The maximum absolute atomic E-state index is 12.0. The molecule has 0 aliphatic carbocycles. The molecule has 2 amide bonds. The predicted octanol–water partition coefficient (Wildman–Crippen LogP) is 1.86. The van der Waals surface area contributed by atoms with E-state index in [0.29, 0.717) is 10.7 Å². The maximum Gasteiger partial charge on any atom is 0.337 e. The fourth-order valence-corrected chi connectivity index (χ4v) is 2.49. The Morgan fingerprint density at radius 2 is 2.05 bits per heavy atom. The summed E-state index contributed by atoms with van der Waals surface area (Å²) in [5, 5.41) is 15.6. The molecule has 118 valence electrons. The van der Waals surface area contributed by atoms with Crippen LogP contribution in [0.2, 0.25) is 5.02 Å². The van der Waals surface area contributed by atoms with Crippen molar-refractivity contribution < 1.29 is 24.2 Å². The van der Waals surface area contributed by atoms with Gasteiger partial charge in [-0.15, -0.1) is 0 Å². The van der Waals surface area contributed by atoms with Gasteiger partial charge in [0.2, 0.25) is 0 Å². The molecular formula is C14H15ClN2O5. The number of esters is 1. The van der Waals surface area contributed by atoms with Gasteiger partial charge in [-0.25, -0.2) is 9.59 Å². The number of carbonyl (C=O) groups is 2. The van der Waals surface area contributed by atoms with Gasteiger partial charge in [0.1, 0.15) is 0 Å². The van der Waals surface area contributed by atoms with Crippen molar-refractivity contribution in [3.05, 3.63) is 34.0 Å². The predicted molar refractivity (Wildman–Crippen MR) is 78.8 cm³/mol. The number of hydrogen-bond donors (Lipinski definition) is 3. The van der Waals surface area contributed by atoms with Crippen LogP contribution in [0.1, 0.15) is 18.5 Å². The van der Waals surface area contributed by atoms with E-state index in [1.165, 1.54) is 26.4 Å². The van der Waals surface area contributed by atoms with Crippen molar-refractivity contribution in [2.24, 2.45) is 0 Å². The van der Waals surface area contributed by atoms with Crippen molar-refractivity contribution in [1.82, 2.24) is 10.6 Å². The molecule has 1 unspecified atom stereocenters. The number of rotatable bonds is 3. The molecule has 3 N–H and O–H groups in total. The number of amides is 2. The molecule has 1 aromatic carbocycles. The number of carbonyl (C=O) groups excluding carboxylic acids is 2. The number of phenolic OH excluding ortho intramolecular Hbond substituents is 1. The van der Waals surface area contributed by atoms with E-state index in [9.17, 15) is 14.7 Å². The third kappa shape index (κ3) is 2.80. The first-order valence-electron chi connectivity index (χ1n) is 6.32. The molecule has 0 bridgehead atoms. The summed E-state index contributed by atoms with van der Waals surface area (Å²) in [6.45, 7) is 1.57. The van der Waals surface area contributed by atoms with E-state index in [0.717, 1.165) is 0 Å². The van der Waals surface area contributed by atoms with Crippen LogP contribution in [0.4, 0.5) is 4.79 Å². The molecule has 0 fully saturated rings. The summed E-state index contributed by atoms with van der Waals surface area (Å²) in [5.74, 6) is -0.709. The van der Waals surface area contributed by atoms with E-state index >= 15 is 0 Å². The molecule has 8 heteroatoms. The number of methoxy groups -OCH3 is 2. The summed E-state index contributed by atoms with van der Waals surface area (Å²) < 4.78 is 9.78. The maximum atomic E-state index is 12.0. The fourth-order valence-electron chi connectivity index (χ4n) is 2.28. The van der Waals surface area contributed by atoms with Crippen LogP contribution < -0.4 is 15.4 Å². The minimum absolute atomic E-state index is 0.136. The molecule has 1 atom stereocenters. The number of hydrogen-bond acceptors (Lipinski definition) is 5. The number of aromatic hydroxyl groups is 1. The average molecular weight is 327 g/mol. The highest BCUT2D eigenvalue weighted by molar-refractivity contribution is 6.30. The molecule has 1 aliphatic rings. The van der Waals surface area contributed by atoms with Crippen LogP contribution in [-0.4, -0.2) is 31.3 Å². The zero-order valence-electron chi connectivity index (χ0n) is 12.2. The number of nitrogens with one attached hydrogen (secondary N) is 2. The number of urea groups is 1. The van der Waals surface area contributed by atoms with Crippen LogP contribution in [0.25, 0.3) is 0 Å². The number of phenols is 1. The Labute approximate surface area is 131 Å². The average Bonchev–Trinajstić information content (AvgIpc) is 2.47. The van der Waals surface area contributed by atoms with Crippen LogP contribution in [0, 0.1) is 0 Å². The first-order chi connectivity index (χ1) is 10.4. The second-order valence-corrected chi connectivity index (χ2v) is 5.04. The Kier molecular flexibility index (Phi) is 4.46. The Morgan fingerprint density at radius 1 is 1.36 bits per heavy atom. The molecule has 0 saturated carbocycles. The smallest absolute Gasteiger partial charge is 0.337 e. The van der Waals surface area contributed by atoms with Gasteiger partial charge >= 0.3 is 12.0 Å². The van der Waals surface area contributed by atoms with Crippen molar-refractivity contribution in [3.8, 4) is 11.5 Å². The highest BCUT2D eigenvalue weighted by Crippen LogP contribution is 2.40. The van der Waals surface area contributed by atoms with Crippen molar-refractivity contribution in [1.29, 1.82) is 0 Å². The number of ether oxygens (including phenoxy) is 2. The van der Waals surface area contributed by atoms with Gasteiger partial charge in [-0.2, -0.15) is 0 Å². The first kappa shape index (κ1) is 16.0. The van der Waals surface area contributed by atoms with Crippen LogP contribution in [0.3, 0.4) is 0 Å². The van der Waals surface area contributed by atoms with Crippen molar-refractivity contribution >= 4 is 23.6 Å². The van der Waals surface area contributed by atoms with E-state index in [1.54, 1.807) is 6.92 Å². The standard InChI is InChI=1S/C14H15ClN2O5/c1-6-10(13(19)22-3)11(17-14(20)16-6)8-4-7(15)5-9(21-2)12(8)18/h4-5,11,18H,1-3H3,(H2,16,17,20).